The van der Waals surface area contributed by atoms with Crippen LogP contribution in [0.3, 0.4) is 0 Å². The summed E-state index contributed by atoms with van der Waals surface area (Å²) in [4.78, 5) is 24.7. The monoisotopic (exact) mass is 455 g/mol. The van der Waals surface area contributed by atoms with Crippen LogP contribution in [0.2, 0.25) is 0 Å². The molecule has 3 N–H and O–H groups in total. The molecule has 0 aromatic carbocycles. The molecule has 5 rings (SSSR count). The molecule has 170 valence electrons. The second-order valence-corrected chi connectivity index (χ2v) is 10.7. The first-order valence-electron chi connectivity index (χ1n) is 11.0. The van der Waals surface area contributed by atoms with Crippen LogP contribution in [0.15, 0.2) is 17.5 Å². The summed E-state index contributed by atoms with van der Waals surface area (Å²) >= 11 is 1.60. The molecule has 0 bridgehead atoms. The predicted molar refractivity (Wildman–Crippen MR) is 125 cm³/mol. The Kier molecular flexibility index (Phi) is 5.19. The summed E-state index contributed by atoms with van der Waals surface area (Å²) in [6.45, 7) is 9.20. The smallest absolute Gasteiger partial charge is 0.410 e. The second-order valence-electron chi connectivity index (χ2n) is 9.81. The van der Waals surface area contributed by atoms with Crippen molar-refractivity contribution in [3.05, 3.63) is 23.2 Å². The lowest BCUT2D eigenvalue weighted by molar-refractivity contribution is 0.0280. The molecule has 1 saturated carbocycles. The number of carbonyl (C=O) groups is 1. The maximum Gasteiger partial charge on any atom is 0.410 e. The largest absolute Gasteiger partial charge is 0.444 e. The van der Waals surface area contributed by atoms with Gasteiger partial charge in [0.25, 0.3) is 0 Å². The number of fused-ring (bicyclic) bond motifs is 2. The van der Waals surface area contributed by atoms with E-state index >= 15 is 0 Å². The van der Waals surface area contributed by atoms with Gasteiger partial charge in [-0.2, -0.15) is 10.1 Å². The SMILES string of the molecule is Cc1cc(Nc2nc(NC3CC4CN(C(=O)OC(C)(C)C)CC4C3)nc3sccc23)n[nH]1. The third-order valence-electron chi connectivity index (χ3n) is 6.01. The number of nitrogens with zero attached hydrogens (tertiary/aromatic N) is 4. The van der Waals surface area contributed by atoms with Gasteiger partial charge in [-0.05, 0) is 63.8 Å². The van der Waals surface area contributed by atoms with Gasteiger partial charge in [0, 0.05) is 30.9 Å². The minimum atomic E-state index is -0.461. The number of anilines is 3. The van der Waals surface area contributed by atoms with Gasteiger partial charge in [-0.25, -0.2) is 9.78 Å². The third kappa shape index (κ3) is 4.36. The van der Waals surface area contributed by atoms with Crippen LogP contribution in [0.25, 0.3) is 10.2 Å². The van der Waals surface area contributed by atoms with E-state index in [1.54, 1.807) is 11.3 Å². The van der Waals surface area contributed by atoms with E-state index in [9.17, 15) is 4.79 Å². The van der Waals surface area contributed by atoms with E-state index in [2.05, 4.69) is 20.8 Å². The molecule has 2 aliphatic rings. The Balaban J connectivity index is 1.25. The zero-order valence-corrected chi connectivity index (χ0v) is 19.6. The lowest BCUT2D eigenvalue weighted by Crippen LogP contribution is -2.36. The Morgan fingerprint density at radius 2 is 2.00 bits per heavy atom. The molecule has 0 spiro atoms. The summed E-state index contributed by atoms with van der Waals surface area (Å²) in [5.41, 5.74) is 0.524. The van der Waals surface area contributed by atoms with Crippen molar-refractivity contribution in [3.63, 3.8) is 0 Å². The first kappa shape index (κ1) is 21.0. The van der Waals surface area contributed by atoms with Gasteiger partial charge in [0.05, 0.1) is 5.39 Å². The molecule has 2 atom stereocenters. The minimum absolute atomic E-state index is 0.202. The number of amides is 1. The van der Waals surface area contributed by atoms with Gasteiger partial charge >= 0.3 is 6.09 Å². The van der Waals surface area contributed by atoms with Crippen LogP contribution in [0.1, 0.15) is 39.3 Å². The summed E-state index contributed by atoms with van der Waals surface area (Å²) in [5, 5.41) is 17.1. The van der Waals surface area contributed by atoms with E-state index in [4.69, 9.17) is 14.7 Å². The van der Waals surface area contributed by atoms with Gasteiger partial charge in [-0.15, -0.1) is 11.3 Å². The highest BCUT2D eigenvalue weighted by atomic mass is 32.1. The maximum atomic E-state index is 12.4. The van der Waals surface area contributed by atoms with E-state index in [0.717, 1.165) is 53.5 Å². The Labute approximate surface area is 191 Å². The Morgan fingerprint density at radius 1 is 1.25 bits per heavy atom. The summed E-state index contributed by atoms with van der Waals surface area (Å²) < 4.78 is 5.54. The number of nitrogens with one attached hydrogen (secondary N) is 3. The Morgan fingerprint density at radius 3 is 2.66 bits per heavy atom. The highest BCUT2D eigenvalue weighted by molar-refractivity contribution is 7.16. The van der Waals surface area contributed by atoms with Crippen molar-refractivity contribution in [1.82, 2.24) is 25.1 Å². The first-order chi connectivity index (χ1) is 15.2. The van der Waals surface area contributed by atoms with Crippen LogP contribution in [-0.2, 0) is 4.74 Å². The molecule has 1 aliphatic carbocycles. The van der Waals surface area contributed by atoms with E-state index in [0.29, 0.717) is 23.8 Å². The Bertz CT molecular complexity index is 1120. The molecular formula is C22H29N7O2S. The lowest BCUT2D eigenvalue weighted by Gasteiger charge is -2.25. The van der Waals surface area contributed by atoms with E-state index in [1.807, 2.05) is 50.1 Å². The fourth-order valence-electron chi connectivity index (χ4n) is 4.69. The van der Waals surface area contributed by atoms with Gasteiger partial charge in [-0.1, -0.05) is 0 Å². The average Bonchev–Trinajstić information content (AvgIpc) is 3.44. The Hall–Kier alpha value is -2.88. The number of carbonyl (C=O) groups excluding carboxylic acids is 1. The summed E-state index contributed by atoms with van der Waals surface area (Å²) in [6, 6.07) is 4.27. The molecular weight excluding hydrogens is 426 g/mol. The van der Waals surface area contributed by atoms with E-state index in [1.165, 1.54) is 0 Å². The topological polar surface area (TPSA) is 108 Å². The molecule has 1 amide bonds. The van der Waals surface area contributed by atoms with Gasteiger partial charge in [-0.3, -0.25) is 5.10 Å². The fourth-order valence-corrected chi connectivity index (χ4v) is 5.46. The van der Waals surface area contributed by atoms with Crippen molar-refractivity contribution in [2.45, 2.75) is 52.2 Å². The van der Waals surface area contributed by atoms with Crippen LogP contribution in [-0.4, -0.2) is 55.9 Å². The number of aromatic nitrogens is 4. The van der Waals surface area contributed by atoms with E-state index < -0.39 is 5.60 Å². The number of H-pyrrole nitrogens is 1. The molecule has 32 heavy (non-hydrogen) atoms. The molecule has 2 fully saturated rings. The van der Waals surface area contributed by atoms with Crippen LogP contribution in [0, 0.1) is 18.8 Å². The lowest BCUT2D eigenvalue weighted by atomic mass is 10.0. The van der Waals surface area contributed by atoms with Gasteiger partial charge in [0.2, 0.25) is 5.95 Å². The number of rotatable bonds is 4. The number of hydrogen-bond acceptors (Lipinski definition) is 8. The number of aromatic amines is 1. The van der Waals surface area contributed by atoms with E-state index in [-0.39, 0.29) is 6.09 Å². The molecule has 4 heterocycles. The zero-order valence-electron chi connectivity index (χ0n) is 18.8. The standard InChI is InChI=1S/C22H29N7O2S/c1-12-7-17(28-27-12)24-18-16-5-6-32-19(16)26-20(25-18)23-15-8-13-10-29(11-14(13)9-15)21(30)31-22(2,3)4/h5-7,13-15H,8-11H2,1-4H3,(H3,23,24,25,26,27,28). The van der Waals surface area contributed by atoms with Crippen molar-refractivity contribution in [1.29, 1.82) is 0 Å². The molecule has 10 heteroatoms. The van der Waals surface area contributed by atoms with Crippen LogP contribution >= 0.6 is 11.3 Å². The summed E-state index contributed by atoms with van der Waals surface area (Å²) in [5.74, 6) is 3.07. The molecule has 1 aliphatic heterocycles. The first-order valence-corrected chi connectivity index (χ1v) is 11.9. The molecule has 1 saturated heterocycles. The van der Waals surface area contributed by atoms with Crippen LogP contribution < -0.4 is 10.6 Å². The van der Waals surface area contributed by atoms with Gasteiger partial charge < -0.3 is 20.3 Å². The molecule has 2 unspecified atom stereocenters. The molecule has 9 nitrogen and oxygen atoms in total. The summed E-state index contributed by atoms with van der Waals surface area (Å²) in [7, 11) is 0. The predicted octanol–water partition coefficient (Wildman–Crippen LogP) is 4.52. The quantitative estimate of drug-likeness (QED) is 0.531. The van der Waals surface area contributed by atoms with Crippen molar-refractivity contribution in [3.8, 4) is 0 Å². The number of thiophene rings is 1. The highest BCUT2D eigenvalue weighted by Crippen LogP contribution is 2.40. The molecule has 3 aromatic rings. The van der Waals surface area contributed by atoms with Crippen molar-refractivity contribution in [2.24, 2.45) is 11.8 Å². The minimum Gasteiger partial charge on any atom is -0.444 e. The number of ether oxygens (including phenoxy) is 1. The number of hydrogen-bond donors (Lipinski definition) is 3. The number of aryl methyl sites for hydroxylation is 1. The molecule has 3 aromatic heterocycles. The second kappa shape index (κ2) is 7.91. The van der Waals surface area contributed by atoms with Crippen LogP contribution in [0.5, 0.6) is 0 Å². The fraction of sp³-hybridized carbons (Fsp3) is 0.545. The summed E-state index contributed by atoms with van der Waals surface area (Å²) in [6.07, 6.45) is 1.79. The normalized spacial score (nSPS) is 22.9. The average molecular weight is 456 g/mol. The van der Waals surface area contributed by atoms with Crippen molar-refractivity contribution in [2.75, 3.05) is 23.7 Å². The van der Waals surface area contributed by atoms with Gasteiger partial charge in [0.15, 0.2) is 5.82 Å². The van der Waals surface area contributed by atoms with Crippen LogP contribution in [0.4, 0.5) is 22.4 Å². The highest BCUT2D eigenvalue weighted by Gasteiger charge is 2.43. The van der Waals surface area contributed by atoms with Crippen molar-refractivity contribution >= 4 is 45.2 Å². The zero-order chi connectivity index (χ0) is 22.5. The van der Waals surface area contributed by atoms with Gasteiger partial charge in [0.1, 0.15) is 16.2 Å². The van der Waals surface area contributed by atoms with Crippen molar-refractivity contribution < 1.29 is 9.53 Å². The maximum absolute atomic E-state index is 12.4. The number of likely N-dealkylation sites (tertiary alicyclic amines) is 1. The molecule has 0 radical (unpaired) electrons. The third-order valence-corrected chi connectivity index (χ3v) is 6.82.